The molecule has 1 amide bonds. The number of carbonyl (C=O) groups excluding carboxylic acids is 2. The van der Waals surface area contributed by atoms with Gasteiger partial charge in [-0.15, -0.1) is 0 Å². The molecule has 1 fully saturated rings. The van der Waals surface area contributed by atoms with Gasteiger partial charge in [0.1, 0.15) is 12.1 Å². The molecule has 1 aromatic carbocycles. The van der Waals surface area contributed by atoms with E-state index in [1.807, 2.05) is 30.3 Å². The van der Waals surface area contributed by atoms with Crippen molar-refractivity contribution >= 4 is 17.8 Å². The van der Waals surface area contributed by atoms with E-state index in [0.717, 1.165) is 18.4 Å². The van der Waals surface area contributed by atoms with Crippen LogP contribution in [-0.4, -0.2) is 59.1 Å². The van der Waals surface area contributed by atoms with Crippen LogP contribution < -0.4 is 5.32 Å². The van der Waals surface area contributed by atoms with Crippen molar-refractivity contribution in [1.82, 2.24) is 10.2 Å². The van der Waals surface area contributed by atoms with E-state index in [1.165, 1.54) is 4.90 Å². The Kier molecular flexibility index (Phi) is 8.44. The van der Waals surface area contributed by atoms with Gasteiger partial charge in [-0.2, -0.15) is 0 Å². The maximum absolute atomic E-state index is 12.9. The van der Waals surface area contributed by atoms with Gasteiger partial charge in [0, 0.05) is 6.54 Å². The second-order valence-electron chi connectivity index (χ2n) is 7.10. The molecule has 1 unspecified atom stereocenters. The summed E-state index contributed by atoms with van der Waals surface area (Å²) in [5.74, 6) is -1.67. The Balaban J connectivity index is 2.03. The predicted octanol–water partition coefficient (Wildman–Crippen LogP) is 1.99. The minimum atomic E-state index is -0.980. The van der Waals surface area contributed by atoms with Crippen molar-refractivity contribution < 1.29 is 24.2 Å². The molecule has 3 atom stereocenters. The van der Waals surface area contributed by atoms with E-state index in [4.69, 9.17) is 4.74 Å². The van der Waals surface area contributed by atoms with Crippen LogP contribution in [0.5, 0.6) is 0 Å². The van der Waals surface area contributed by atoms with Gasteiger partial charge >= 0.3 is 11.9 Å². The molecule has 2 rings (SSSR count). The highest BCUT2D eigenvalue weighted by molar-refractivity contribution is 5.87. The summed E-state index contributed by atoms with van der Waals surface area (Å²) in [6, 6.07) is 7.69. The standard InChI is InChI=1S/C21H30N2O5/c1-3-28-21(27)17(13-12-16-9-5-4-6-10-16)22-15(2)19(24)23-14-8-7-11-18(23)20(25)26/h4-6,9-10,15,17-18,22H,3,7-8,11-14H2,1-2H3,(H,25,26)/t15-,17?,18-/m0/s1. The highest BCUT2D eigenvalue weighted by Gasteiger charge is 2.35. The quantitative estimate of drug-likeness (QED) is 0.626. The van der Waals surface area contributed by atoms with E-state index in [2.05, 4.69) is 5.32 Å². The van der Waals surface area contributed by atoms with Crippen molar-refractivity contribution in [2.24, 2.45) is 0 Å². The lowest BCUT2D eigenvalue weighted by molar-refractivity contribution is -0.153. The number of carboxylic acids is 1. The SMILES string of the molecule is CCOC(=O)C(CCc1ccccc1)N[C@@H](C)C(=O)N1CCCC[C@H]1C(=O)O. The molecule has 0 aliphatic carbocycles. The summed E-state index contributed by atoms with van der Waals surface area (Å²) >= 11 is 0. The summed E-state index contributed by atoms with van der Waals surface area (Å²) < 4.78 is 5.16. The first kappa shape index (κ1) is 21.9. The monoisotopic (exact) mass is 390 g/mol. The fraction of sp³-hybridized carbons (Fsp3) is 0.571. The number of aliphatic carboxylic acids is 1. The van der Waals surface area contributed by atoms with Gasteiger partial charge in [0.25, 0.3) is 0 Å². The Bertz CT molecular complexity index is 664. The van der Waals surface area contributed by atoms with E-state index in [9.17, 15) is 19.5 Å². The molecule has 1 heterocycles. The molecule has 0 aromatic heterocycles. The van der Waals surface area contributed by atoms with Crippen LogP contribution in [-0.2, 0) is 25.5 Å². The van der Waals surface area contributed by atoms with Gasteiger partial charge in [-0.05, 0) is 51.5 Å². The Morgan fingerprint density at radius 1 is 1.25 bits per heavy atom. The third-order valence-corrected chi connectivity index (χ3v) is 5.03. The first-order valence-corrected chi connectivity index (χ1v) is 9.94. The lowest BCUT2D eigenvalue weighted by Gasteiger charge is -2.35. The smallest absolute Gasteiger partial charge is 0.326 e. The number of rotatable bonds is 9. The van der Waals surface area contributed by atoms with Gasteiger partial charge in [0.05, 0.1) is 12.6 Å². The molecule has 1 aliphatic heterocycles. The van der Waals surface area contributed by atoms with Crippen molar-refractivity contribution in [2.75, 3.05) is 13.2 Å². The summed E-state index contributed by atoms with van der Waals surface area (Å²) in [6.45, 7) is 4.10. The number of carbonyl (C=O) groups is 3. The fourth-order valence-corrected chi connectivity index (χ4v) is 3.54. The molecular formula is C21H30N2O5. The number of hydrogen-bond acceptors (Lipinski definition) is 5. The molecule has 0 saturated carbocycles. The molecule has 0 radical (unpaired) electrons. The zero-order valence-electron chi connectivity index (χ0n) is 16.6. The molecule has 2 N–H and O–H groups in total. The van der Waals surface area contributed by atoms with Crippen molar-refractivity contribution in [3.63, 3.8) is 0 Å². The van der Waals surface area contributed by atoms with Crippen LogP contribution in [0, 0.1) is 0 Å². The van der Waals surface area contributed by atoms with Crippen LogP contribution in [0.3, 0.4) is 0 Å². The summed E-state index contributed by atoms with van der Waals surface area (Å²) in [5, 5.41) is 12.5. The van der Waals surface area contributed by atoms with Crippen LogP contribution in [0.4, 0.5) is 0 Å². The van der Waals surface area contributed by atoms with Crippen molar-refractivity contribution in [3.8, 4) is 0 Å². The number of hydrogen-bond donors (Lipinski definition) is 2. The molecule has 1 aliphatic rings. The highest BCUT2D eigenvalue weighted by atomic mass is 16.5. The van der Waals surface area contributed by atoms with Crippen LogP contribution in [0.15, 0.2) is 30.3 Å². The number of nitrogens with zero attached hydrogens (tertiary/aromatic N) is 1. The minimum absolute atomic E-state index is 0.262. The molecular weight excluding hydrogens is 360 g/mol. The van der Waals surface area contributed by atoms with Crippen LogP contribution >= 0.6 is 0 Å². The number of aryl methyl sites for hydroxylation is 1. The Hall–Kier alpha value is -2.41. The highest BCUT2D eigenvalue weighted by Crippen LogP contribution is 2.18. The maximum atomic E-state index is 12.9. The Morgan fingerprint density at radius 3 is 2.61 bits per heavy atom. The molecule has 1 saturated heterocycles. The minimum Gasteiger partial charge on any atom is -0.480 e. The second-order valence-corrected chi connectivity index (χ2v) is 7.10. The average molecular weight is 390 g/mol. The molecule has 7 heteroatoms. The summed E-state index contributed by atoms with van der Waals surface area (Å²) in [6.07, 6.45) is 3.20. The van der Waals surface area contributed by atoms with Crippen molar-refractivity contribution in [1.29, 1.82) is 0 Å². The molecule has 1 aromatic rings. The van der Waals surface area contributed by atoms with Crippen LogP contribution in [0.25, 0.3) is 0 Å². The predicted molar refractivity (Wildman–Crippen MR) is 105 cm³/mol. The number of nitrogens with one attached hydrogen (secondary N) is 1. The Labute approximate surface area is 166 Å². The number of carboxylic acid groups (broad SMARTS) is 1. The van der Waals surface area contributed by atoms with Crippen LogP contribution in [0.1, 0.15) is 45.1 Å². The zero-order chi connectivity index (χ0) is 20.5. The molecule has 7 nitrogen and oxygen atoms in total. The average Bonchev–Trinajstić information content (AvgIpc) is 2.71. The fourth-order valence-electron chi connectivity index (χ4n) is 3.54. The number of ether oxygens (including phenoxy) is 1. The van der Waals surface area contributed by atoms with Crippen molar-refractivity contribution in [3.05, 3.63) is 35.9 Å². The zero-order valence-corrected chi connectivity index (χ0v) is 16.6. The van der Waals surface area contributed by atoms with E-state index in [1.54, 1.807) is 13.8 Å². The van der Waals surface area contributed by atoms with Crippen molar-refractivity contribution in [2.45, 2.75) is 64.1 Å². The molecule has 154 valence electrons. The lowest BCUT2D eigenvalue weighted by Crippen LogP contribution is -2.56. The van der Waals surface area contributed by atoms with Gasteiger partial charge in [0.15, 0.2) is 0 Å². The maximum Gasteiger partial charge on any atom is 0.326 e. The summed E-state index contributed by atoms with van der Waals surface area (Å²) in [4.78, 5) is 38.1. The molecule has 28 heavy (non-hydrogen) atoms. The van der Waals surface area contributed by atoms with Gasteiger partial charge in [-0.25, -0.2) is 4.79 Å². The molecule has 0 bridgehead atoms. The number of esters is 1. The summed E-state index contributed by atoms with van der Waals surface area (Å²) in [7, 11) is 0. The summed E-state index contributed by atoms with van der Waals surface area (Å²) in [5.41, 5.74) is 1.10. The number of amides is 1. The van der Waals surface area contributed by atoms with Crippen LogP contribution in [0.2, 0.25) is 0 Å². The second kappa shape index (κ2) is 10.8. The first-order chi connectivity index (χ1) is 13.4. The third kappa shape index (κ3) is 6.05. The van der Waals surface area contributed by atoms with E-state index < -0.39 is 30.1 Å². The largest absolute Gasteiger partial charge is 0.480 e. The van der Waals surface area contributed by atoms with E-state index in [-0.39, 0.29) is 12.5 Å². The van der Waals surface area contributed by atoms with E-state index >= 15 is 0 Å². The van der Waals surface area contributed by atoms with Gasteiger partial charge in [-0.1, -0.05) is 30.3 Å². The number of benzene rings is 1. The normalized spacial score (nSPS) is 18.9. The first-order valence-electron chi connectivity index (χ1n) is 9.94. The topological polar surface area (TPSA) is 95.9 Å². The molecule has 0 spiro atoms. The van der Waals surface area contributed by atoms with Gasteiger partial charge in [-0.3, -0.25) is 14.9 Å². The van der Waals surface area contributed by atoms with Gasteiger partial charge < -0.3 is 14.7 Å². The van der Waals surface area contributed by atoms with Gasteiger partial charge in [0.2, 0.25) is 5.91 Å². The van der Waals surface area contributed by atoms with E-state index in [0.29, 0.717) is 25.8 Å². The Morgan fingerprint density at radius 2 is 1.96 bits per heavy atom. The number of piperidine rings is 1. The number of likely N-dealkylation sites (tertiary alicyclic amines) is 1. The lowest BCUT2D eigenvalue weighted by atomic mass is 10.0. The third-order valence-electron chi connectivity index (χ3n) is 5.03.